The van der Waals surface area contributed by atoms with E-state index in [2.05, 4.69) is 0 Å². The van der Waals surface area contributed by atoms with Crippen molar-refractivity contribution in [2.24, 2.45) is 5.73 Å². The van der Waals surface area contributed by atoms with E-state index in [1.807, 2.05) is 54.6 Å². The van der Waals surface area contributed by atoms with Crippen molar-refractivity contribution in [3.63, 3.8) is 0 Å². The third-order valence-electron chi connectivity index (χ3n) is 4.66. The Hall–Kier alpha value is -2.77. The summed E-state index contributed by atoms with van der Waals surface area (Å²) in [7, 11) is -3.85. The van der Waals surface area contributed by atoms with Crippen LogP contribution in [0.4, 0.5) is 5.69 Å². The molecule has 1 heterocycles. The first-order valence-corrected chi connectivity index (χ1v) is 11.1. The summed E-state index contributed by atoms with van der Waals surface area (Å²) < 4.78 is 28.7. The van der Waals surface area contributed by atoms with Gasteiger partial charge >= 0.3 is 0 Å². The van der Waals surface area contributed by atoms with Gasteiger partial charge in [0.2, 0.25) is 5.91 Å². The van der Waals surface area contributed by atoms with Gasteiger partial charge < -0.3 is 5.73 Å². The first-order chi connectivity index (χ1) is 13.5. The first-order valence-electron chi connectivity index (χ1n) is 8.69. The molecule has 28 heavy (non-hydrogen) atoms. The number of benzene rings is 3. The maximum Gasteiger partial charge on any atom is 0.264 e. The number of hydrogen-bond acceptors (Lipinski definition) is 4. The fourth-order valence-corrected chi connectivity index (χ4v) is 6.25. The molecule has 0 radical (unpaired) electrons. The SMILES string of the molecule is NC(=O)c1ccc(S(=O)(=O)N2c3ccccc3SCC2c2ccccc2)cc1. The second kappa shape index (κ2) is 7.33. The van der Waals surface area contributed by atoms with E-state index in [0.29, 0.717) is 11.4 Å². The molecule has 7 heteroatoms. The van der Waals surface area contributed by atoms with E-state index >= 15 is 0 Å². The van der Waals surface area contributed by atoms with Crippen LogP contribution < -0.4 is 10.0 Å². The van der Waals surface area contributed by atoms with Gasteiger partial charge in [0.15, 0.2) is 0 Å². The number of thioether (sulfide) groups is 1. The first kappa shape index (κ1) is 18.6. The quantitative estimate of drug-likeness (QED) is 0.709. The highest BCUT2D eigenvalue weighted by Crippen LogP contribution is 2.45. The molecule has 0 spiro atoms. The minimum Gasteiger partial charge on any atom is -0.366 e. The predicted molar refractivity (Wildman–Crippen MR) is 111 cm³/mol. The van der Waals surface area contributed by atoms with E-state index in [-0.39, 0.29) is 16.5 Å². The lowest BCUT2D eigenvalue weighted by atomic mass is 10.1. The van der Waals surface area contributed by atoms with Gasteiger partial charge in [0.1, 0.15) is 0 Å². The Kier molecular flexibility index (Phi) is 4.87. The van der Waals surface area contributed by atoms with Crippen molar-refractivity contribution in [3.8, 4) is 0 Å². The van der Waals surface area contributed by atoms with E-state index in [9.17, 15) is 13.2 Å². The van der Waals surface area contributed by atoms with Crippen molar-refractivity contribution in [1.82, 2.24) is 0 Å². The molecule has 142 valence electrons. The minimum absolute atomic E-state index is 0.125. The molecule has 1 amide bonds. The number of rotatable bonds is 4. The van der Waals surface area contributed by atoms with Crippen LogP contribution in [-0.4, -0.2) is 20.1 Å². The standard InChI is InChI=1S/C21H18N2O3S2/c22-21(24)16-10-12-17(13-11-16)28(25,26)23-18-8-4-5-9-20(18)27-14-19(23)15-6-2-1-3-7-15/h1-13,19H,14H2,(H2,22,24). The Balaban J connectivity index is 1.85. The number of nitrogens with two attached hydrogens (primary N) is 1. The number of primary amides is 1. The molecule has 0 aliphatic carbocycles. The van der Waals surface area contributed by atoms with E-state index < -0.39 is 15.9 Å². The summed E-state index contributed by atoms with van der Waals surface area (Å²) in [5, 5.41) is 0. The van der Waals surface area contributed by atoms with Gasteiger partial charge in [-0.1, -0.05) is 42.5 Å². The molecule has 4 rings (SSSR count). The lowest BCUT2D eigenvalue weighted by Gasteiger charge is -2.37. The van der Waals surface area contributed by atoms with Gasteiger partial charge in [-0.3, -0.25) is 9.10 Å². The zero-order chi connectivity index (χ0) is 19.7. The minimum atomic E-state index is -3.85. The lowest BCUT2D eigenvalue weighted by molar-refractivity contribution is 0.1000. The number of nitrogens with zero attached hydrogens (tertiary/aromatic N) is 1. The lowest BCUT2D eigenvalue weighted by Crippen LogP contribution is -2.38. The van der Waals surface area contributed by atoms with Gasteiger partial charge in [0, 0.05) is 16.2 Å². The summed E-state index contributed by atoms with van der Waals surface area (Å²) in [6.07, 6.45) is 0. The third kappa shape index (κ3) is 3.27. The van der Waals surface area contributed by atoms with Gasteiger partial charge in [-0.2, -0.15) is 0 Å². The zero-order valence-corrected chi connectivity index (χ0v) is 16.5. The Morgan fingerprint density at radius 1 is 0.929 bits per heavy atom. The summed E-state index contributed by atoms with van der Waals surface area (Å²) in [6, 6.07) is 22.5. The van der Waals surface area contributed by atoms with Gasteiger partial charge in [0.25, 0.3) is 10.0 Å². The smallest absolute Gasteiger partial charge is 0.264 e. The Bertz CT molecular complexity index is 1110. The zero-order valence-electron chi connectivity index (χ0n) is 14.9. The van der Waals surface area contributed by atoms with Crippen LogP contribution in [0.2, 0.25) is 0 Å². The highest BCUT2D eigenvalue weighted by atomic mass is 32.2. The van der Waals surface area contributed by atoms with Crippen molar-refractivity contribution >= 4 is 33.4 Å². The number of sulfonamides is 1. The predicted octanol–water partition coefficient (Wildman–Crippen LogP) is 3.83. The molecule has 1 aliphatic rings. The molecule has 0 saturated heterocycles. The molecule has 5 nitrogen and oxygen atoms in total. The highest BCUT2D eigenvalue weighted by Gasteiger charge is 2.37. The molecular weight excluding hydrogens is 392 g/mol. The molecule has 2 N–H and O–H groups in total. The van der Waals surface area contributed by atoms with Crippen LogP contribution in [0.15, 0.2) is 88.7 Å². The monoisotopic (exact) mass is 410 g/mol. The van der Waals surface area contributed by atoms with E-state index in [0.717, 1.165) is 10.5 Å². The number of para-hydroxylation sites is 1. The summed E-state index contributed by atoms with van der Waals surface area (Å²) in [4.78, 5) is 12.4. The van der Waals surface area contributed by atoms with Gasteiger partial charge in [-0.25, -0.2) is 8.42 Å². The topological polar surface area (TPSA) is 80.5 Å². The molecule has 1 aliphatic heterocycles. The second-order valence-corrected chi connectivity index (χ2v) is 9.27. The number of carbonyl (C=O) groups excluding carboxylic acids is 1. The number of carbonyl (C=O) groups is 1. The summed E-state index contributed by atoms with van der Waals surface area (Å²) in [5.74, 6) is 0.0189. The van der Waals surface area contributed by atoms with Crippen LogP contribution in [0.5, 0.6) is 0 Å². The molecule has 1 unspecified atom stereocenters. The molecule has 0 fully saturated rings. The number of anilines is 1. The second-order valence-electron chi connectivity index (χ2n) is 6.39. The molecular formula is C21H18N2O3S2. The number of amides is 1. The van der Waals surface area contributed by atoms with Crippen molar-refractivity contribution < 1.29 is 13.2 Å². The number of hydrogen-bond donors (Lipinski definition) is 1. The fourth-order valence-electron chi connectivity index (χ4n) is 3.27. The Morgan fingerprint density at radius 3 is 2.25 bits per heavy atom. The average molecular weight is 411 g/mol. The molecule has 0 aromatic heterocycles. The van der Waals surface area contributed by atoms with Crippen molar-refractivity contribution in [2.45, 2.75) is 15.8 Å². The molecule has 1 atom stereocenters. The van der Waals surface area contributed by atoms with E-state index in [1.165, 1.54) is 28.6 Å². The van der Waals surface area contributed by atoms with E-state index in [1.54, 1.807) is 11.8 Å². The van der Waals surface area contributed by atoms with Crippen LogP contribution in [0.1, 0.15) is 22.0 Å². The van der Waals surface area contributed by atoms with Crippen LogP contribution in [-0.2, 0) is 10.0 Å². The third-order valence-corrected chi connectivity index (χ3v) is 7.64. The molecule has 0 bridgehead atoms. The van der Waals surface area contributed by atoms with Gasteiger partial charge in [-0.05, 0) is 42.0 Å². The van der Waals surface area contributed by atoms with Crippen molar-refractivity contribution in [2.75, 3.05) is 10.1 Å². The van der Waals surface area contributed by atoms with Crippen LogP contribution in [0, 0.1) is 0 Å². The Labute approximate surface area is 168 Å². The Morgan fingerprint density at radius 2 is 1.57 bits per heavy atom. The normalized spacial score (nSPS) is 16.4. The maximum atomic E-state index is 13.6. The summed E-state index contributed by atoms with van der Waals surface area (Å²) in [5.41, 5.74) is 7.14. The van der Waals surface area contributed by atoms with Gasteiger partial charge in [-0.15, -0.1) is 11.8 Å². The van der Waals surface area contributed by atoms with Gasteiger partial charge in [0.05, 0.1) is 16.6 Å². The van der Waals surface area contributed by atoms with Crippen LogP contribution in [0.3, 0.4) is 0 Å². The van der Waals surface area contributed by atoms with Crippen molar-refractivity contribution in [3.05, 3.63) is 90.0 Å². The highest BCUT2D eigenvalue weighted by molar-refractivity contribution is 8.00. The average Bonchev–Trinajstić information content (AvgIpc) is 2.73. The van der Waals surface area contributed by atoms with Crippen LogP contribution in [0.25, 0.3) is 0 Å². The number of fused-ring (bicyclic) bond motifs is 1. The van der Waals surface area contributed by atoms with Crippen LogP contribution >= 0.6 is 11.8 Å². The maximum absolute atomic E-state index is 13.6. The molecule has 0 saturated carbocycles. The molecule has 3 aromatic carbocycles. The van der Waals surface area contributed by atoms with Crippen molar-refractivity contribution in [1.29, 1.82) is 0 Å². The summed E-state index contributed by atoms with van der Waals surface area (Å²) >= 11 is 1.65. The fraction of sp³-hybridized carbons (Fsp3) is 0.0952. The molecule has 3 aromatic rings. The summed E-state index contributed by atoms with van der Waals surface area (Å²) in [6.45, 7) is 0. The largest absolute Gasteiger partial charge is 0.366 e. The van der Waals surface area contributed by atoms with E-state index in [4.69, 9.17) is 5.73 Å².